The number of carbonyl (C=O) groups is 1. The molecular weight excluding hydrogens is 250 g/mol. The summed E-state index contributed by atoms with van der Waals surface area (Å²) in [6.45, 7) is 8.68. The molecule has 3 unspecified atom stereocenters. The van der Waals surface area contributed by atoms with Gasteiger partial charge in [0, 0.05) is 25.7 Å². The maximum Gasteiger partial charge on any atom is 0.236 e. The van der Waals surface area contributed by atoms with Crippen molar-refractivity contribution in [1.82, 2.24) is 9.80 Å². The summed E-state index contributed by atoms with van der Waals surface area (Å²) in [5, 5.41) is 0. The Hall–Kier alpha value is -0.610. The van der Waals surface area contributed by atoms with E-state index in [1.807, 2.05) is 0 Å². The SMILES string of the molecule is CCC1CCN(CC(=O)N2CCCC(C)C2)C(CN)C1. The van der Waals surface area contributed by atoms with Crippen molar-refractivity contribution in [2.45, 2.75) is 52.0 Å². The molecule has 0 bridgehead atoms. The van der Waals surface area contributed by atoms with Crippen molar-refractivity contribution in [3.63, 3.8) is 0 Å². The van der Waals surface area contributed by atoms with Crippen LogP contribution in [-0.2, 0) is 4.79 Å². The summed E-state index contributed by atoms with van der Waals surface area (Å²) in [5.41, 5.74) is 5.92. The van der Waals surface area contributed by atoms with Crippen molar-refractivity contribution < 1.29 is 4.79 Å². The highest BCUT2D eigenvalue weighted by Gasteiger charge is 2.30. The monoisotopic (exact) mass is 281 g/mol. The molecule has 2 heterocycles. The third-order valence-electron chi connectivity index (χ3n) is 5.14. The van der Waals surface area contributed by atoms with E-state index < -0.39 is 0 Å². The second-order valence-corrected chi connectivity index (χ2v) is 6.75. The topological polar surface area (TPSA) is 49.6 Å². The number of hydrogen-bond donors (Lipinski definition) is 1. The molecule has 20 heavy (non-hydrogen) atoms. The van der Waals surface area contributed by atoms with Crippen LogP contribution in [0.25, 0.3) is 0 Å². The molecule has 4 nitrogen and oxygen atoms in total. The summed E-state index contributed by atoms with van der Waals surface area (Å²) < 4.78 is 0. The number of amides is 1. The summed E-state index contributed by atoms with van der Waals surface area (Å²) in [7, 11) is 0. The molecule has 0 aromatic heterocycles. The molecule has 2 N–H and O–H groups in total. The fourth-order valence-electron chi connectivity index (χ4n) is 3.70. The van der Waals surface area contributed by atoms with Crippen molar-refractivity contribution in [3.05, 3.63) is 0 Å². The van der Waals surface area contributed by atoms with Crippen LogP contribution in [0.15, 0.2) is 0 Å². The molecule has 4 heteroatoms. The quantitative estimate of drug-likeness (QED) is 0.853. The second-order valence-electron chi connectivity index (χ2n) is 6.75. The summed E-state index contributed by atoms with van der Waals surface area (Å²) in [6.07, 6.45) is 6.04. The van der Waals surface area contributed by atoms with E-state index >= 15 is 0 Å². The van der Waals surface area contributed by atoms with E-state index in [9.17, 15) is 4.79 Å². The van der Waals surface area contributed by atoms with Gasteiger partial charge in [0.1, 0.15) is 0 Å². The molecular formula is C16H31N3O. The smallest absolute Gasteiger partial charge is 0.236 e. The molecule has 0 aromatic rings. The summed E-state index contributed by atoms with van der Waals surface area (Å²) in [4.78, 5) is 16.9. The zero-order valence-electron chi connectivity index (χ0n) is 13.2. The van der Waals surface area contributed by atoms with Crippen LogP contribution in [-0.4, -0.2) is 54.5 Å². The lowest BCUT2D eigenvalue weighted by Crippen LogP contribution is -2.52. The minimum Gasteiger partial charge on any atom is -0.341 e. The van der Waals surface area contributed by atoms with Gasteiger partial charge in [0.15, 0.2) is 0 Å². The number of piperidine rings is 2. The molecule has 2 fully saturated rings. The minimum atomic E-state index is 0.310. The molecule has 116 valence electrons. The maximum atomic E-state index is 12.5. The van der Waals surface area contributed by atoms with Crippen molar-refractivity contribution in [3.8, 4) is 0 Å². The summed E-state index contributed by atoms with van der Waals surface area (Å²) in [5.74, 6) is 1.76. The van der Waals surface area contributed by atoms with Gasteiger partial charge in [-0.3, -0.25) is 9.69 Å². The summed E-state index contributed by atoms with van der Waals surface area (Å²) >= 11 is 0. The molecule has 0 radical (unpaired) electrons. The van der Waals surface area contributed by atoms with E-state index in [4.69, 9.17) is 5.73 Å². The molecule has 0 aliphatic carbocycles. The Morgan fingerprint density at radius 2 is 2.10 bits per heavy atom. The highest BCUT2D eigenvalue weighted by Crippen LogP contribution is 2.25. The molecule has 1 amide bonds. The number of carbonyl (C=O) groups excluding carboxylic acids is 1. The summed E-state index contributed by atoms with van der Waals surface area (Å²) in [6, 6.07) is 0.403. The fraction of sp³-hybridized carbons (Fsp3) is 0.938. The number of nitrogens with two attached hydrogens (primary N) is 1. The molecule has 3 atom stereocenters. The van der Waals surface area contributed by atoms with Crippen molar-refractivity contribution in [2.75, 3.05) is 32.7 Å². The van der Waals surface area contributed by atoms with Crippen molar-refractivity contribution >= 4 is 5.91 Å². The molecule has 2 aliphatic rings. The van der Waals surface area contributed by atoms with Gasteiger partial charge < -0.3 is 10.6 Å². The largest absolute Gasteiger partial charge is 0.341 e. The first-order valence-electron chi connectivity index (χ1n) is 8.35. The number of rotatable bonds is 4. The third-order valence-corrected chi connectivity index (χ3v) is 5.14. The Balaban J connectivity index is 1.86. The maximum absolute atomic E-state index is 12.5. The van der Waals surface area contributed by atoms with Gasteiger partial charge in [-0.15, -0.1) is 0 Å². The van der Waals surface area contributed by atoms with Crippen LogP contribution in [0.4, 0.5) is 0 Å². The van der Waals surface area contributed by atoms with Gasteiger partial charge in [0.25, 0.3) is 0 Å². The molecule has 2 aliphatic heterocycles. The van der Waals surface area contributed by atoms with Crippen LogP contribution in [0, 0.1) is 11.8 Å². The molecule has 0 aromatic carbocycles. The van der Waals surface area contributed by atoms with Crippen molar-refractivity contribution in [1.29, 1.82) is 0 Å². The Morgan fingerprint density at radius 3 is 2.75 bits per heavy atom. The van der Waals surface area contributed by atoms with Crippen LogP contribution in [0.3, 0.4) is 0 Å². The van der Waals surface area contributed by atoms with Gasteiger partial charge in [-0.1, -0.05) is 20.3 Å². The van der Waals surface area contributed by atoms with E-state index in [-0.39, 0.29) is 0 Å². The van der Waals surface area contributed by atoms with Gasteiger partial charge in [-0.05, 0) is 44.1 Å². The van der Waals surface area contributed by atoms with Gasteiger partial charge in [0.05, 0.1) is 6.54 Å². The van der Waals surface area contributed by atoms with Crippen molar-refractivity contribution in [2.24, 2.45) is 17.6 Å². The van der Waals surface area contributed by atoms with Gasteiger partial charge >= 0.3 is 0 Å². The van der Waals surface area contributed by atoms with Crippen LogP contribution < -0.4 is 5.73 Å². The number of hydrogen-bond acceptors (Lipinski definition) is 3. The normalized spacial score (nSPS) is 32.4. The Morgan fingerprint density at radius 1 is 1.30 bits per heavy atom. The van der Waals surface area contributed by atoms with E-state index in [2.05, 4.69) is 23.6 Å². The average molecular weight is 281 g/mol. The van der Waals surface area contributed by atoms with Crippen LogP contribution in [0.2, 0.25) is 0 Å². The Bertz CT molecular complexity index is 321. The number of nitrogens with zero attached hydrogens (tertiary/aromatic N) is 2. The zero-order valence-corrected chi connectivity index (χ0v) is 13.2. The standard InChI is InChI=1S/C16H31N3O/c1-3-14-6-8-18(15(9-14)10-17)12-16(20)19-7-4-5-13(2)11-19/h13-15H,3-12,17H2,1-2H3. The van der Waals surface area contributed by atoms with Gasteiger partial charge in [-0.2, -0.15) is 0 Å². The second kappa shape index (κ2) is 7.41. The molecule has 0 saturated carbocycles. The van der Waals surface area contributed by atoms with Gasteiger partial charge in [-0.25, -0.2) is 0 Å². The molecule has 0 spiro atoms. The van der Waals surface area contributed by atoms with Crippen LogP contribution >= 0.6 is 0 Å². The van der Waals surface area contributed by atoms with E-state index in [1.165, 1.54) is 19.3 Å². The first-order valence-corrected chi connectivity index (χ1v) is 8.35. The van der Waals surface area contributed by atoms with E-state index in [1.54, 1.807) is 0 Å². The number of likely N-dealkylation sites (tertiary alicyclic amines) is 2. The predicted molar refractivity (Wildman–Crippen MR) is 82.4 cm³/mol. The molecule has 2 rings (SSSR count). The first kappa shape index (κ1) is 15.8. The highest BCUT2D eigenvalue weighted by atomic mass is 16.2. The molecule has 2 saturated heterocycles. The Kier molecular flexibility index (Phi) is 5.85. The Labute approximate surface area is 123 Å². The van der Waals surface area contributed by atoms with E-state index in [0.717, 1.165) is 38.4 Å². The fourth-order valence-corrected chi connectivity index (χ4v) is 3.70. The lowest BCUT2D eigenvalue weighted by molar-refractivity contribution is -0.135. The van der Waals surface area contributed by atoms with Crippen LogP contribution in [0.1, 0.15) is 46.0 Å². The zero-order chi connectivity index (χ0) is 14.5. The third kappa shape index (κ3) is 3.95. The lowest BCUT2D eigenvalue weighted by Gasteiger charge is -2.40. The average Bonchev–Trinajstić information content (AvgIpc) is 2.47. The lowest BCUT2D eigenvalue weighted by atomic mass is 9.89. The minimum absolute atomic E-state index is 0.310. The van der Waals surface area contributed by atoms with Gasteiger partial charge in [0.2, 0.25) is 5.91 Å². The highest BCUT2D eigenvalue weighted by molar-refractivity contribution is 5.78. The predicted octanol–water partition coefficient (Wildman–Crippen LogP) is 1.69. The van der Waals surface area contributed by atoms with Crippen LogP contribution in [0.5, 0.6) is 0 Å². The van der Waals surface area contributed by atoms with E-state index in [0.29, 0.717) is 31.0 Å². The first-order chi connectivity index (χ1) is 9.63.